The number of anilines is 1. The van der Waals surface area contributed by atoms with Crippen LogP contribution in [0.4, 0.5) is 5.69 Å². The van der Waals surface area contributed by atoms with E-state index in [1.54, 1.807) is 0 Å². The van der Waals surface area contributed by atoms with Crippen molar-refractivity contribution in [3.63, 3.8) is 0 Å². The fourth-order valence-corrected chi connectivity index (χ4v) is 4.67. The molecule has 1 heterocycles. The molecule has 1 fully saturated rings. The van der Waals surface area contributed by atoms with E-state index in [0.29, 0.717) is 0 Å². The Bertz CT molecular complexity index is 584. The number of piperidine rings is 1. The highest BCUT2D eigenvalue weighted by atomic mass is 16.2. The van der Waals surface area contributed by atoms with Crippen molar-refractivity contribution in [2.75, 3.05) is 18.4 Å². The quantitative estimate of drug-likeness (QED) is 0.927. The number of benzene rings is 1. The molecule has 0 radical (unpaired) electrons. The molecular formula is C20H28N2O. The first kappa shape index (κ1) is 15.2. The molecule has 3 nitrogen and oxygen atoms in total. The van der Waals surface area contributed by atoms with Crippen molar-refractivity contribution in [1.82, 2.24) is 4.90 Å². The lowest BCUT2D eigenvalue weighted by molar-refractivity contribution is -0.121. The fraction of sp³-hybridized carbons (Fsp3) is 0.650. The maximum Gasteiger partial charge on any atom is 0.241 e. The first-order valence-electron chi connectivity index (χ1n) is 9.45. The Morgan fingerprint density at radius 3 is 2.17 bits per heavy atom. The van der Waals surface area contributed by atoms with Crippen LogP contribution < -0.4 is 5.32 Å². The zero-order valence-corrected chi connectivity index (χ0v) is 14.3. The highest BCUT2D eigenvalue weighted by molar-refractivity contribution is 5.96. The number of fused-ring (bicyclic) bond motifs is 2. The van der Waals surface area contributed by atoms with E-state index in [1.807, 2.05) is 0 Å². The molecule has 1 aromatic rings. The van der Waals surface area contributed by atoms with E-state index in [9.17, 15) is 4.79 Å². The third-order valence-electron chi connectivity index (χ3n) is 6.04. The number of hydrogen-bond donors (Lipinski definition) is 1. The number of nitrogens with one attached hydrogen (secondary N) is 1. The smallest absolute Gasteiger partial charge is 0.241 e. The van der Waals surface area contributed by atoms with E-state index in [0.717, 1.165) is 25.9 Å². The molecule has 0 spiro atoms. The molecule has 0 unspecified atom stereocenters. The number of hydrogen-bond acceptors (Lipinski definition) is 2. The van der Waals surface area contributed by atoms with E-state index in [4.69, 9.17) is 0 Å². The number of carbonyl (C=O) groups is 1. The molecule has 1 N–H and O–H groups in total. The van der Waals surface area contributed by atoms with Crippen molar-refractivity contribution in [3.8, 4) is 0 Å². The molecule has 0 saturated carbocycles. The van der Waals surface area contributed by atoms with Gasteiger partial charge in [-0.2, -0.15) is 0 Å². The molecule has 0 aromatic heterocycles. The summed E-state index contributed by atoms with van der Waals surface area (Å²) in [7, 11) is 0. The predicted octanol–water partition coefficient (Wildman–Crippen LogP) is 3.48. The first-order valence-corrected chi connectivity index (χ1v) is 9.45. The van der Waals surface area contributed by atoms with Crippen molar-refractivity contribution < 1.29 is 4.79 Å². The summed E-state index contributed by atoms with van der Waals surface area (Å²) in [5.41, 5.74) is 7.05. The Morgan fingerprint density at radius 2 is 1.57 bits per heavy atom. The summed E-state index contributed by atoms with van der Waals surface area (Å²) in [4.78, 5) is 15.2. The molecule has 1 saturated heterocycles. The van der Waals surface area contributed by atoms with Crippen LogP contribution in [0.15, 0.2) is 6.07 Å². The summed E-state index contributed by atoms with van der Waals surface area (Å²) in [6.07, 6.45) is 10.9. The lowest BCUT2D eigenvalue weighted by Gasteiger charge is -2.31. The maximum absolute atomic E-state index is 12.9. The van der Waals surface area contributed by atoms with Gasteiger partial charge in [0, 0.05) is 5.69 Å². The van der Waals surface area contributed by atoms with Crippen LogP contribution in [0.1, 0.15) is 61.3 Å². The van der Waals surface area contributed by atoms with Gasteiger partial charge in [0.25, 0.3) is 0 Å². The molecule has 1 aliphatic heterocycles. The minimum Gasteiger partial charge on any atom is -0.324 e. The van der Waals surface area contributed by atoms with Crippen LogP contribution in [0.3, 0.4) is 0 Å². The van der Waals surface area contributed by atoms with Crippen LogP contribution in [-0.2, 0) is 30.5 Å². The van der Waals surface area contributed by atoms with Crippen molar-refractivity contribution >= 4 is 11.6 Å². The number of aryl methyl sites for hydroxylation is 2. The molecule has 4 rings (SSSR count). The second-order valence-corrected chi connectivity index (χ2v) is 7.50. The third-order valence-corrected chi connectivity index (χ3v) is 6.04. The summed E-state index contributed by atoms with van der Waals surface area (Å²) in [5, 5.41) is 3.36. The lowest BCUT2D eigenvalue weighted by atomic mass is 9.98. The largest absolute Gasteiger partial charge is 0.324 e. The standard InChI is InChI=1S/C20H28N2O/c1-14(22-11-3-2-4-12-22)20(23)21-19-17-9-5-7-15(17)13-16-8-6-10-18(16)19/h13-14H,2-12H2,1H3,(H,21,23)/t14-/m0/s1. The molecule has 124 valence electrons. The number of amides is 1. The van der Waals surface area contributed by atoms with Crippen LogP contribution in [0.5, 0.6) is 0 Å². The second-order valence-electron chi connectivity index (χ2n) is 7.50. The molecule has 1 aromatic carbocycles. The van der Waals surface area contributed by atoms with Gasteiger partial charge in [-0.1, -0.05) is 12.5 Å². The van der Waals surface area contributed by atoms with Gasteiger partial charge < -0.3 is 5.32 Å². The van der Waals surface area contributed by atoms with Gasteiger partial charge in [-0.15, -0.1) is 0 Å². The predicted molar refractivity (Wildman–Crippen MR) is 94.0 cm³/mol. The second kappa shape index (κ2) is 6.27. The van der Waals surface area contributed by atoms with Gasteiger partial charge in [0.2, 0.25) is 5.91 Å². The Morgan fingerprint density at radius 1 is 0.957 bits per heavy atom. The summed E-state index contributed by atoms with van der Waals surface area (Å²) in [6, 6.07) is 2.42. The molecule has 1 atom stereocenters. The molecule has 2 aliphatic carbocycles. The van der Waals surface area contributed by atoms with Crippen molar-refractivity contribution in [2.24, 2.45) is 0 Å². The topological polar surface area (TPSA) is 32.3 Å². The summed E-state index contributed by atoms with van der Waals surface area (Å²) in [6.45, 7) is 4.21. The average Bonchev–Trinajstić information content (AvgIpc) is 3.23. The molecule has 3 aliphatic rings. The minimum absolute atomic E-state index is 0.00962. The number of likely N-dealkylation sites (tertiary alicyclic amines) is 1. The van der Waals surface area contributed by atoms with Crippen molar-refractivity contribution in [2.45, 2.75) is 70.8 Å². The van der Waals surface area contributed by atoms with Gasteiger partial charge in [0.1, 0.15) is 0 Å². The zero-order chi connectivity index (χ0) is 15.8. The molecular weight excluding hydrogens is 284 g/mol. The Labute approximate surface area is 139 Å². The SMILES string of the molecule is C[C@@H](C(=O)Nc1c2c(cc3c1CCC3)CCC2)N1CCCCC1. The summed E-state index contributed by atoms with van der Waals surface area (Å²) < 4.78 is 0. The molecule has 0 bridgehead atoms. The van der Waals surface area contributed by atoms with E-state index in [1.165, 1.54) is 72.9 Å². The minimum atomic E-state index is -0.00962. The zero-order valence-electron chi connectivity index (χ0n) is 14.3. The Kier molecular flexibility index (Phi) is 4.14. The first-order chi connectivity index (χ1) is 11.2. The third kappa shape index (κ3) is 2.80. The number of nitrogens with zero attached hydrogens (tertiary/aromatic N) is 1. The maximum atomic E-state index is 12.9. The highest BCUT2D eigenvalue weighted by Gasteiger charge is 2.28. The molecule has 23 heavy (non-hydrogen) atoms. The van der Waals surface area contributed by atoms with Crippen LogP contribution in [-0.4, -0.2) is 29.9 Å². The van der Waals surface area contributed by atoms with E-state index in [2.05, 4.69) is 23.2 Å². The van der Waals surface area contributed by atoms with Crippen molar-refractivity contribution in [3.05, 3.63) is 28.3 Å². The van der Waals surface area contributed by atoms with Crippen LogP contribution in [0.25, 0.3) is 0 Å². The average molecular weight is 312 g/mol. The highest BCUT2D eigenvalue weighted by Crippen LogP contribution is 2.38. The fourth-order valence-electron chi connectivity index (χ4n) is 4.67. The Hall–Kier alpha value is -1.35. The monoisotopic (exact) mass is 312 g/mol. The van der Waals surface area contributed by atoms with Crippen molar-refractivity contribution in [1.29, 1.82) is 0 Å². The molecule has 1 amide bonds. The van der Waals surface area contributed by atoms with Gasteiger partial charge in [-0.25, -0.2) is 0 Å². The van der Waals surface area contributed by atoms with E-state index >= 15 is 0 Å². The number of carbonyl (C=O) groups excluding carboxylic acids is 1. The normalized spacial score (nSPS) is 21.8. The summed E-state index contributed by atoms with van der Waals surface area (Å²) in [5.74, 6) is 0.196. The van der Waals surface area contributed by atoms with Crippen LogP contribution >= 0.6 is 0 Å². The van der Waals surface area contributed by atoms with Gasteiger partial charge >= 0.3 is 0 Å². The van der Waals surface area contributed by atoms with Crippen LogP contribution in [0.2, 0.25) is 0 Å². The van der Waals surface area contributed by atoms with Gasteiger partial charge in [-0.3, -0.25) is 9.69 Å². The lowest BCUT2D eigenvalue weighted by Crippen LogP contribution is -2.44. The molecule has 3 heteroatoms. The van der Waals surface area contributed by atoms with E-state index in [-0.39, 0.29) is 11.9 Å². The van der Waals surface area contributed by atoms with E-state index < -0.39 is 0 Å². The van der Waals surface area contributed by atoms with Gasteiger partial charge in [-0.05, 0) is 93.6 Å². The summed E-state index contributed by atoms with van der Waals surface area (Å²) >= 11 is 0. The van der Waals surface area contributed by atoms with Gasteiger partial charge in [0.05, 0.1) is 6.04 Å². The van der Waals surface area contributed by atoms with Crippen LogP contribution in [0, 0.1) is 0 Å². The number of rotatable bonds is 3. The Balaban J connectivity index is 1.58. The van der Waals surface area contributed by atoms with Gasteiger partial charge in [0.15, 0.2) is 0 Å².